The molecule has 2 nitrogen and oxygen atoms in total. The van der Waals surface area contributed by atoms with Crippen molar-refractivity contribution in [2.24, 2.45) is 0 Å². The highest BCUT2D eigenvalue weighted by atomic mass is 35.5. The van der Waals surface area contributed by atoms with Crippen LogP contribution >= 0.6 is 23.4 Å². The maximum absolute atomic E-state index is 9.00. The van der Waals surface area contributed by atoms with Gasteiger partial charge in [-0.3, -0.25) is 0 Å². The molecule has 0 radical (unpaired) electrons. The van der Waals surface area contributed by atoms with Crippen molar-refractivity contribution in [2.45, 2.75) is 18.2 Å². The predicted octanol–water partition coefficient (Wildman–Crippen LogP) is 1.48. The maximum atomic E-state index is 9.00. The van der Waals surface area contributed by atoms with Gasteiger partial charge in [0.05, 0.1) is 6.61 Å². The van der Waals surface area contributed by atoms with E-state index in [0.29, 0.717) is 11.9 Å². The molecule has 0 rings (SSSR count). The molecule has 0 aliphatic heterocycles. The van der Waals surface area contributed by atoms with E-state index >= 15 is 0 Å². The summed E-state index contributed by atoms with van der Waals surface area (Å²) in [5.41, 5.74) is 0. The molecule has 0 bridgehead atoms. The number of alkyl halides is 1. The van der Waals surface area contributed by atoms with Crippen molar-refractivity contribution in [3.8, 4) is 0 Å². The van der Waals surface area contributed by atoms with Gasteiger partial charge in [0.1, 0.15) is 0 Å². The SMILES string of the molecule is CSC(CO)C(C)NC/C=C/CCl. The Morgan fingerprint density at radius 3 is 2.69 bits per heavy atom. The first-order valence-corrected chi connectivity index (χ1v) is 6.16. The number of thioether (sulfide) groups is 1. The molecule has 0 aromatic rings. The molecular formula is C9H18ClNOS. The van der Waals surface area contributed by atoms with E-state index in [4.69, 9.17) is 16.7 Å². The van der Waals surface area contributed by atoms with Crippen LogP contribution in [0.25, 0.3) is 0 Å². The molecule has 0 amide bonds. The Hall–Kier alpha value is 0.300. The Kier molecular flexibility index (Phi) is 9.08. The van der Waals surface area contributed by atoms with Gasteiger partial charge in [-0.1, -0.05) is 12.2 Å². The molecule has 0 saturated heterocycles. The van der Waals surface area contributed by atoms with E-state index in [0.717, 1.165) is 6.54 Å². The van der Waals surface area contributed by atoms with Gasteiger partial charge in [0, 0.05) is 23.7 Å². The number of rotatable bonds is 7. The Morgan fingerprint density at radius 1 is 1.54 bits per heavy atom. The van der Waals surface area contributed by atoms with Crippen molar-refractivity contribution in [1.82, 2.24) is 5.32 Å². The van der Waals surface area contributed by atoms with Gasteiger partial charge in [-0.2, -0.15) is 11.8 Å². The zero-order valence-corrected chi connectivity index (χ0v) is 9.74. The van der Waals surface area contributed by atoms with Gasteiger partial charge < -0.3 is 10.4 Å². The lowest BCUT2D eigenvalue weighted by molar-refractivity contribution is 0.277. The van der Waals surface area contributed by atoms with E-state index in [1.165, 1.54) is 0 Å². The average Bonchev–Trinajstić information content (AvgIpc) is 2.14. The van der Waals surface area contributed by atoms with Gasteiger partial charge in [0.25, 0.3) is 0 Å². The van der Waals surface area contributed by atoms with Gasteiger partial charge in [-0.15, -0.1) is 11.6 Å². The quantitative estimate of drug-likeness (QED) is 0.507. The molecule has 0 aromatic carbocycles. The Balaban J connectivity index is 3.59. The van der Waals surface area contributed by atoms with Crippen molar-refractivity contribution in [3.05, 3.63) is 12.2 Å². The first-order valence-electron chi connectivity index (χ1n) is 4.34. The zero-order chi connectivity index (χ0) is 10.1. The van der Waals surface area contributed by atoms with Gasteiger partial charge in [0.2, 0.25) is 0 Å². The normalized spacial score (nSPS) is 16.3. The van der Waals surface area contributed by atoms with Gasteiger partial charge in [0.15, 0.2) is 0 Å². The minimum Gasteiger partial charge on any atom is -0.395 e. The van der Waals surface area contributed by atoms with Crippen LogP contribution in [0, 0.1) is 0 Å². The van der Waals surface area contributed by atoms with Crippen molar-refractivity contribution in [2.75, 3.05) is 25.3 Å². The molecule has 0 aromatic heterocycles. The summed E-state index contributed by atoms with van der Waals surface area (Å²) in [6, 6.07) is 0.319. The van der Waals surface area contributed by atoms with Crippen LogP contribution < -0.4 is 5.32 Å². The fourth-order valence-corrected chi connectivity index (χ4v) is 1.75. The molecule has 0 spiro atoms. The summed E-state index contributed by atoms with van der Waals surface area (Å²) in [5.74, 6) is 0.558. The lowest BCUT2D eigenvalue weighted by Crippen LogP contribution is -2.37. The third-order valence-electron chi connectivity index (χ3n) is 1.85. The molecule has 0 fully saturated rings. The Labute approximate surface area is 89.7 Å². The predicted molar refractivity (Wildman–Crippen MR) is 61.7 cm³/mol. The molecule has 4 heteroatoms. The summed E-state index contributed by atoms with van der Waals surface area (Å²) in [6.07, 6.45) is 5.92. The van der Waals surface area contributed by atoms with Gasteiger partial charge in [-0.25, -0.2) is 0 Å². The van der Waals surface area contributed by atoms with E-state index in [1.54, 1.807) is 11.8 Å². The second kappa shape index (κ2) is 8.88. The van der Waals surface area contributed by atoms with Crippen molar-refractivity contribution in [3.63, 3.8) is 0 Å². The third kappa shape index (κ3) is 6.38. The summed E-state index contributed by atoms with van der Waals surface area (Å²) in [6.45, 7) is 3.10. The maximum Gasteiger partial charge on any atom is 0.0564 e. The van der Waals surface area contributed by atoms with Crippen molar-refractivity contribution >= 4 is 23.4 Å². The van der Waals surface area contributed by atoms with E-state index in [2.05, 4.69) is 12.2 Å². The molecular weight excluding hydrogens is 206 g/mol. The van der Waals surface area contributed by atoms with Gasteiger partial charge in [-0.05, 0) is 13.2 Å². The fourth-order valence-electron chi connectivity index (χ4n) is 0.968. The highest BCUT2D eigenvalue weighted by molar-refractivity contribution is 7.99. The number of hydrogen-bond donors (Lipinski definition) is 2. The van der Waals surface area contributed by atoms with E-state index in [9.17, 15) is 0 Å². The number of halogens is 1. The van der Waals surface area contributed by atoms with E-state index in [-0.39, 0.29) is 11.9 Å². The Morgan fingerprint density at radius 2 is 2.23 bits per heavy atom. The van der Waals surface area contributed by atoms with Crippen LogP contribution in [0.4, 0.5) is 0 Å². The fraction of sp³-hybridized carbons (Fsp3) is 0.778. The van der Waals surface area contributed by atoms with Crippen molar-refractivity contribution in [1.29, 1.82) is 0 Å². The highest BCUT2D eigenvalue weighted by Gasteiger charge is 2.12. The van der Waals surface area contributed by atoms with Crippen LogP contribution in [0.3, 0.4) is 0 Å². The monoisotopic (exact) mass is 223 g/mol. The molecule has 0 saturated carbocycles. The topological polar surface area (TPSA) is 32.3 Å². The summed E-state index contributed by atoms with van der Waals surface area (Å²) in [5, 5.41) is 12.6. The number of allylic oxidation sites excluding steroid dienone is 1. The number of aliphatic hydroxyl groups excluding tert-OH is 1. The highest BCUT2D eigenvalue weighted by Crippen LogP contribution is 2.09. The summed E-state index contributed by atoms with van der Waals surface area (Å²) in [4.78, 5) is 0. The molecule has 0 aliphatic rings. The van der Waals surface area contributed by atoms with Crippen LogP contribution in [-0.4, -0.2) is 41.7 Å². The second-order valence-electron chi connectivity index (χ2n) is 2.78. The average molecular weight is 224 g/mol. The minimum absolute atomic E-state index is 0.217. The summed E-state index contributed by atoms with van der Waals surface area (Å²) < 4.78 is 0. The minimum atomic E-state index is 0.217. The lowest BCUT2D eigenvalue weighted by atomic mass is 10.2. The standard InChI is InChI=1S/C9H18ClNOS/c1-8(9(7-12)13-2)11-6-4-3-5-10/h3-4,8-9,11-12H,5-7H2,1-2H3/b4-3+. The first kappa shape index (κ1) is 13.3. The van der Waals surface area contributed by atoms with Crippen LogP contribution in [-0.2, 0) is 0 Å². The first-order chi connectivity index (χ1) is 6.26. The lowest BCUT2D eigenvalue weighted by Gasteiger charge is -2.20. The number of hydrogen-bond acceptors (Lipinski definition) is 3. The molecule has 2 unspecified atom stereocenters. The molecule has 78 valence electrons. The molecule has 0 aliphatic carbocycles. The van der Waals surface area contributed by atoms with Crippen LogP contribution in [0.2, 0.25) is 0 Å². The van der Waals surface area contributed by atoms with E-state index in [1.807, 2.05) is 18.4 Å². The van der Waals surface area contributed by atoms with Crippen LogP contribution in [0.15, 0.2) is 12.2 Å². The number of aliphatic hydroxyl groups is 1. The van der Waals surface area contributed by atoms with Crippen molar-refractivity contribution < 1.29 is 5.11 Å². The molecule has 2 N–H and O–H groups in total. The van der Waals surface area contributed by atoms with Gasteiger partial charge >= 0.3 is 0 Å². The zero-order valence-electron chi connectivity index (χ0n) is 8.16. The smallest absolute Gasteiger partial charge is 0.0564 e. The second-order valence-corrected chi connectivity index (χ2v) is 4.16. The third-order valence-corrected chi connectivity index (χ3v) is 3.19. The molecule has 13 heavy (non-hydrogen) atoms. The van der Waals surface area contributed by atoms with Crippen LogP contribution in [0.1, 0.15) is 6.92 Å². The summed E-state index contributed by atoms with van der Waals surface area (Å²) >= 11 is 7.15. The molecule has 0 heterocycles. The molecule has 2 atom stereocenters. The largest absolute Gasteiger partial charge is 0.395 e. The Bertz CT molecular complexity index is 140. The van der Waals surface area contributed by atoms with E-state index < -0.39 is 0 Å². The summed E-state index contributed by atoms with van der Waals surface area (Å²) in [7, 11) is 0. The number of nitrogens with one attached hydrogen (secondary N) is 1. The van der Waals surface area contributed by atoms with Crippen LogP contribution in [0.5, 0.6) is 0 Å².